The fourth-order valence-corrected chi connectivity index (χ4v) is 3.06. The van der Waals surface area contributed by atoms with E-state index in [0.29, 0.717) is 12.0 Å². The van der Waals surface area contributed by atoms with Gasteiger partial charge in [0.05, 0.1) is 11.7 Å². The molecule has 2 aliphatic carbocycles. The van der Waals surface area contributed by atoms with Gasteiger partial charge in [0.1, 0.15) is 5.69 Å². The lowest BCUT2D eigenvalue weighted by Crippen LogP contribution is -2.31. The van der Waals surface area contributed by atoms with Crippen molar-refractivity contribution in [3.05, 3.63) is 53.6 Å². The number of pyridine rings is 1. The summed E-state index contributed by atoms with van der Waals surface area (Å²) in [5.41, 5.74) is 2.95. The molecule has 0 aliphatic heterocycles. The molecule has 1 atom stereocenters. The van der Waals surface area contributed by atoms with Crippen LogP contribution in [0.3, 0.4) is 0 Å². The first-order valence-electron chi connectivity index (χ1n) is 8.12. The minimum absolute atomic E-state index is 0.0251. The highest BCUT2D eigenvalue weighted by Crippen LogP contribution is 2.41. The van der Waals surface area contributed by atoms with Gasteiger partial charge >= 0.3 is 0 Å². The summed E-state index contributed by atoms with van der Waals surface area (Å²) in [6.45, 7) is 2.06. The van der Waals surface area contributed by atoms with E-state index in [1.54, 1.807) is 0 Å². The molecule has 0 radical (unpaired) electrons. The molecule has 4 heteroatoms. The first-order valence-corrected chi connectivity index (χ1v) is 8.12. The minimum atomic E-state index is 0.0251. The fraction of sp³-hybridized carbons (Fsp3) is 0.444. The van der Waals surface area contributed by atoms with Crippen molar-refractivity contribution in [2.45, 2.75) is 44.7 Å². The molecule has 0 aromatic carbocycles. The van der Waals surface area contributed by atoms with Gasteiger partial charge < -0.3 is 9.88 Å². The van der Waals surface area contributed by atoms with Crippen LogP contribution < -0.4 is 5.32 Å². The number of amides is 1. The van der Waals surface area contributed by atoms with Gasteiger partial charge in [-0.15, -0.1) is 0 Å². The Balaban J connectivity index is 1.56. The molecule has 1 amide bonds. The summed E-state index contributed by atoms with van der Waals surface area (Å²) >= 11 is 0. The first-order chi connectivity index (χ1) is 10.7. The lowest BCUT2D eigenvalue weighted by Gasteiger charge is -2.19. The molecular weight excluding hydrogens is 274 g/mol. The SMILES string of the molecule is Cc1ccnc(C(NC(=O)c2cccn2C2CC2)C2CC2)c1. The molecule has 22 heavy (non-hydrogen) atoms. The predicted molar refractivity (Wildman–Crippen MR) is 84.6 cm³/mol. The molecule has 2 fully saturated rings. The number of nitrogens with one attached hydrogen (secondary N) is 1. The molecule has 2 saturated carbocycles. The molecule has 1 N–H and O–H groups in total. The topological polar surface area (TPSA) is 46.9 Å². The number of aryl methyl sites for hydroxylation is 1. The third-order valence-corrected chi connectivity index (χ3v) is 4.59. The van der Waals surface area contributed by atoms with Gasteiger partial charge in [0, 0.05) is 18.4 Å². The Morgan fingerprint density at radius 2 is 2.14 bits per heavy atom. The number of rotatable bonds is 5. The first kappa shape index (κ1) is 13.6. The van der Waals surface area contributed by atoms with Crippen LogP contribution in [0.4, 0.5) is 0 Å². The van der Waals surface area contributed by atoms with Crippen LogP contribution in [0.5, 0.6) is 0 Å². The van der Waals surface area contributed by atoms with Gasteiger partial charge in [-0.25, -0.2) is 0 Å². The third-order valence-electron chi connectivity index (χ3n) is 4.59. The van der Waals surface area contributed by atoms with Gasteiger partial charge in [-0.05, 0) is 68.4 Å². The van der Waals surface area contributed by atoms with E-state index in [1.807, 2.05) is 30.6 Å². The monoisotopic (exact) mass is 295 g/mol. The Hall–Kier alpha value is -2.10. The van der Waals surface area contributed by atoms with Gasteiger partial charge in [0.2, 0.25) is 0 Å². The van der Waals surface area contributed by atoms with E-state index < -0.39 is 0 Å². The number of carbonyl (C=O) groups excluding carboxylic acids is 1. The molecule has 2 aliphatic rings. The van der Waals surface area contributed by atoms with Gasteiger partial charge in [-0.3, -0.25) is 9.78 Å². The maximum atomic E-state index is 12.7. The van der Waals surface area contributed by atoms with E-state index in [4.69, 9.17) is 0 Å². The van der Waals surface area contributed by atoms with Gasteiger partial charge in [0.25, 0.3) is 5.91 Å². The minimum Gasteiger partial charge on any atom is -0.342 e. The summed E-state index contributed by atoms with van der Waals surface area (Å²) in [5.74, 6) is 0.555. The molecule has 2 aromatic rings. The van der Waals surface area contributed by atoms with Crippen LogP contribution in [0, 0.1) is 12.8 Å². The van der Waals surface area contributed by atoms with Crippen molar-refractivity contribution in [3.63, 3.8) is 0 Å². The van der Waals surface area contributed by atoms with Crippen molar-refractivity contribution in [3.8, 4) is 0 Å². The summed E-state index contributed by atoms with van der Waals surface area (Å²) in [6, 6.07) is 8.52. The molecule has 0 spiro atoms. The normalized spacial score (nSPS) is 19.0. The second-order valence-electron chi connectivity index (χ2n) is 6.58. The predicted octanol–water partition coefficient (Wildman–Crippen LogP) is 3.41. The summed E-state index contributed by atoms with van der Waals surface area (Å²) in [5, 5.41) is 3.23. The third kappa shape index (κ3) is 2.65. The number of hydrogen-bond donors (Lipinski definition) is 1. The highest BCUT2D eigenvalue weighted by atomic mass is 16.2. The van der Waals surface area contributed by atoms with Crippen LogP contribution in [0.25, 0.3) is 0 Å². The Kier molecular flexibility index (Phi) is 3.25. The largest absolute Gasteiger partial charge is 0.342 e. The molecule has 2 heterocycles. The van der Waals surface area contributed by atoms with Crippen molar-refractivity contribution in [1.29, 1.82) is 0 Å². The molecule has 2 aromatic heterocycles. The maximum Gasteiger partial charge on any atom is 0.268 e. The summed E-state index contributed by atoms with van der Waals surface area (Å²) in [6.07, 6.45) is 8.55. The van der Waals surface area contributed by atoms with Crippen LogP contribution in [-0.4, -0.2) is 15.5 Å². The molecule has 1 unspecified atom stereocenters. The molecule has 0 saturated heterocycles. The number of carbonyl (C=O) groups is 1. The van der Waals surface area contributed by atoms with Crippen molar-refractivity contribution in [2.75, 3.05) is 0 Å². The molecule has 114 valence electrons. The highest BCUT2D eigenvalue weighted by molar-refractivity contribution is 5.93. The summed E-state index contributed by atoms with van der Waals surface area (Å²) in [7, 11) is 0. The van der Waals surface area contributed by atoms with Gasteiger partial charge in [-0.1, -0.05) is 0 Å². The maximum absolute atomic E-state index is 12.7. The van der Waals surface area contributed by atoms with Crippen LogP contribution in [0.2, 0.25) is 0 Å². The Bertz CT molecular complexity index is 698. The number of aromatic nitrogens is 2. The molecular formula is C18H21N3O. The Morgan fingerprint density at radius 1 is 1.32 bits per heavy atom. The van der Waals surface area contributed by atoms with Crippen molar-refractivity contribution < 1.29 is 4.79 Å². The van der Waals surface area contributed by atoms with E-state index in [-0.39, 0.29) is 11.9 Å². The standard InChI is InChI=1S/C18H21N3O/c1-12-8-9-19-15(11-12)17(13-4-5-13)20-18(22)16-3-2-10-21(16)14-6-7-14/h2-3,8-11,13-14,17H,4-7H2,1H3,(H,20,22). The van der Waals surface area contributed by atoms with Gasteiger partial charge in [0.15, 0.2) is 0 Å². The Morgan fingerprint density at radius 3 is 2.82 bits per heavy atom. The Labute approximate surface area is 130 Å². The smallest absolute Gasteiger partial charge is 0.268 e. The van der Waals surface area contributed by atoms with Crippen molar-refractivity contribution in [1.82, 2.24) is 14.9 Å². The van der Waals surface area contributed by atoms with Crippen LogP contribution in [0.15, 0.2) is 36.7 Å². The van der Waals surface area contributed by atoms with E-state index >= 15 is 0 Å². The fourth-order valence-electron chi connectivity index (χ4n) is 3.06. The lowest BCUT2D eigenvalue weighted by atomic mass is 10.1. The van der Waals surface area contributed by atoms with E-state index in [1.165, 1.54) is 31.2 Å². The van der Waals surface area contributed by atoms with Gasteiger partial charge in [-0.2, -0.15) is 0 Å². The average Bonchev–Trinajstić information content (AvgIpc) is 3.43. The van der Waals surface area contributed by atoms with Crippen LogP contribution in [-0.2, 0) is 0 Å². The second kappa shape index (κ2) is 5.27. The van der Waals surface area contributed by atoms with Crippen LogP contribution in [0.1, 0.15) is 59.5 Å². The zero-order chi connectivity index (χ0) is 15.1. The van der Waals surface area contributed by atoms with E-state index in [0.717, 1.165) is 11.4 Å². The van der Waals surface area contributed by atoms with E-state index in [9.17, 15) is 4.79 Å². The summed E-state index contributed by atoms with van der Waals surface area (Å²) in [4.78, 5) is 17.2. The molecule has 4 rings (SSSR count). The quantitative estimate of drug-likeness (QED) is 0.919. The average molecular weight is 295 g/mol. The zero-order valence-corrected chi connectivity index (χ0v) is 12.8. The molecule has 0 bridgehead atoms. The summed E-state index contributed by atoms with van der Waals surface area (Å²) < 4.78 is 2.11. The lowest BCUT2D eigenvalue weighted by molar-refractivity contribution is 0.0921. The zero-order valence-electron chi connectivity index (χ0n) is 12.8. The van der Waals surface area contributed by atoms with E-state index in [2.05, 4.69) is 27.9 Å². The highest BCUT2D eigenvalue weighted by Gasteiger charge is 2.35. The number of nitrogens with zero attached hydrogens (tertiary/aromatic N) is 2. The van der Waals surface area contributed by atoms with Crippen molar-refractivity contribution >= 4 is 5.91 Å². The molecule has 4 nitrogen and oxygen atoms in total. The van der Waals surface area contributed by atoms with Crippen molar-refractivity contribution in [2.24, 2.45) is 5.92 Å². The number of hydrogen-bond acceptors (Lipinski definition) is 2. The van der Waals surface area contributed by atoms with Crippen LogP contribution >= 0.6 is 0 Å². The second-order valence-corrected chi connectivity index (χ2v) is 6.58.